The van der Waals surface area contributed by atoms with Crippen molar-refractivity contribution in [1.82, 2.24) is 4.98 Å². The third-order valence-electron chi connectivity index (χ3n) is 4.49. The van der Waals surface area contributed by atoms with Gasteiger partial charge in [0.1, 0.15) is 11.9 Å². The molecule has 0 unspecified atom stereocenters. The first-order valence-electron chi connectivity index (χ1n) is 9.57. The van der Waals surface area contributed by atoms with E-state index in [2.05, 4.69) is 15.0 Å². The molecule has 1 heterocycles. The van der Waals surface area contributed by atoms with Crippen molar-refractivity contribution in [3.63, 3.8) is 0 Å². The fraction of sp³-hybridized carbons (Fsp3) is 0.143. The van der Waals surface area contributed by atoms with Gasteiger partial charge in [-0.15, -0.1) is 0 Å². The Morgan fingerprint density at radius 3 is 2.27 bits per heavy atom. The van der Waals surface area contributed by atoms with Crippen LogP contribution in [-0.4, -0.2) is 40.0 Å². The topological polar surface area (TPSA) is 126 Å². The first kappa shape index (κ1) is 24.5. The number of hydrogen-bond donors (Lipinski definition) is 2. The number of aromatic nitrogens is 1. The molecule has 0 bridgehead atoms. The van der Waals surface area contributed by atoms with Crippen LogP contribution in [0.2, 0.25) is 5.02 Å². The number of pyridine rings is 1. The Hall–Kier alpha value is -3.15. The molecule has 0 aliphatic rings. The third-order valence-corrected chi connectivity index (χ3v) is 7.33. The zero-order chi connectivity index (χ0) is 24.2. The molecular formula is C21H21ClN4O5S2. The van der Waals surface area contributed by atoms with Crippen molar-refractivity contribution in [3.05, 3.63) is 77.9 Å². The van der Waals surface area contributed by atoms with E-state index in [1.807, 2.05) is 0 Å². The fourth-order valence-electron chi connectivity index (χ4n) is 3.01. The van der Waals surface area contributed by atoms with Gasteiger partial charge in [0.05, 0.1) is 16.8 Å². The van der Waals surface area contributed by atoms with E-state index in [0.717, 1.165) is 10.6 Å². The summed E-state index contributed by atoms with van der Waals surface area (Å²) in [4.78, 5) is 16.7. The molecular weight excluding hydrogens is 488 g/mol. The molecule has 9 nitrogen and oxygen atoms in total. The molecule has 0 saturated carbocycles. The Balaban J connectivity index is 1.76. The van der Waals surface area contributed by atoms with Crippen LogP contribution in [0.4, 0.5) is 17.2 Å². The lowest BCUT2D eigenvalue weighted by molar-refractivity contribution is -0.116. The van der Waals surface area contributed by atoms with Crippen LogP contribution < -0.4 is 14.3 Å². The molecule has 33 heavy (non-hydrogen) atoms. The molecule has 1 atom stereocenters. The molecule has 2 N–H and O–H groups in total. The van der Waals surface area contributed by atoms with Crippen molar-refractivity contribution in [2.75, 3.05) is 20.6 Å². The van der Waals surface area contributed by atoms with Gasteiger partial charge in [0.2, 0.25) is 15.9 Å². The molecule has 1 aromatic heterocycles. The number of carbonyl (C=O) groups is 1. The second-order valence-electron chi connectivity index (χ2n) is 7.05. The zero-order valence-electron chi connectivity index (χ0n) is 17.6. The maximum Gasteiger partial charge on any atom is 0.263 e. The number of anilines is 3. The minimum Gasteiger partial charge on any atom is -0.324 e. The molecule has 174 valence electrons. The van der Waals surface area contributed by atoms with E-state index in [0.29, 0.717) is 10.7 Å². The second-order valence-corrected chi connectivity index (χ2v) is 11.0. The summed E-state index contributed by atoms with van der Waals surface area (Å²) in [5.41, 5.74) is 0.540. The highest BCUT2D eigenvalue weighted by Gasteiger charge is 2.29. The van der Waals surface area contributed by atoms with Crippen molar-refractivity contribution in [3.8, 4) is 0 Å². The summed E-state index contributed by atoms with van der Waals surface area (Å²) in [6.07, 6.45) is 2.45. The van der Waals surface area contributed by atoms with Crippen molar-refractivity contribution >= 4 is 54.7 Å². The molecule has 3 rings (SSSR count). The maximum atomic E-state index is 12.8. The van der Waals surface area contributed by atoms with Crippen molar-refractivity contribution in [1.29, 1.82) is 0 Å². The summed E-state index contributed by atoms with van der Waals surface area (Å²) in [6.45, 7) is 1.44. The van der Waals surface area contributed by atoms with Crippen LogP contribution in [-0.2, 0) is 24.8 Å². The van der Waals surface area contributed by atoms with Gasteiger partial charge in [0.15, 0.2) is 0 Å². The monoisotopic (exact) mass is 508 g/mol. The number of rotatable bonds is 8. The number of amides is 1. The Labute approximate surface area is 197 Å². The van der Waals surface area contributed by atoms with E-state index in [-0.39, 0.29) is 16.4 Å². The van der Waals surface area contributed by atoms with Crippen LogP contribution in [0.1, 0.15) is 6.92 Å². The van der Waals surface area contributed by atoms with E-state index in [9.17, 15) is 21.6 Å². The van der Waals surface area contributed by atoms with E-state index in [1.165, 1.54) is 55.6 Å². The van der Waals surface area contributed by atoms with E-state index in [1.54, 1.807) is 24.3 Å². The van der Waals surface area contributed by atoms with Crippen molar-refractivity contribution in [2.24, 2.45) is 0 Å². The van der Waals surface area contributed by atoms with Crippen LogP contribution in [0, 0.1) is 0 Å². The van der Waals surface area contributed by atoms with Gasteiger partial charge in [-0.2, -0.15) is 0 Å². The highest BCUT2D eigenvalue weighted by molar-refractivity contribution is 7.92. The normalized spacial score (nSPS) is 12.6. The quantitative estimate of drug-likeness (QED) is 0.480. The molecule has 0 fully saturated rings. The Morgan fingerprint density at radius 1 is 1.00 bits per heavy atom. The smallest absolute Gasteiger partial charge is 0.263 e. The highest BCUT2D eigenvalue weighted by Crippen LogP contribution is 2.25. The van der Waals surface area contributed by atoms with Gasteiger partial charge in [-0.3, -0.25) is 13.8 Å². The van der Waals surface area contributed by atoms with Crippen molar-refractivity contribution in [2.45, 2.75) is 17.9 Å². The molecule has 1 amide bonds. The van der Waals surface area contributed by atoms with Gasteiger partial charge in [-0.1, -0.05) is 23.7 Å². The highest BCUT2D eigenvalue weighted by atomic mass is 35.5. The van der Waals surface area contributed by atoms with E-state index < -0.39 is 32.0 Å². The van der Waals surface area contributed by atoms with E-state index in [4.69, 9.17) is 11.6 Å². The van der Waals surface area contributed by atoms with Gasteiger partial charge in [0.25, 0.3) is 10.0 Å². The predicted octanol–water partition coefficient (Wildman–Crippen LogP) is 3.33. The summed E-state index contributed by atoms with van der Waals surface area (Å²) in [5.74, 6) is -0.437. The Bertz CT molecular complexity index is 1350. The third kappa shape index (κ3) is 6.21. The molecule has 0 spiro atoms. The number of benzene rings is 2. The second kappa shape index (κ2) is 9.77. The standard InChI is InChI=1S/C21H21ClN4O5S2/c1-15(26(32(2,28)29)18-7-5-6-16(22)14-18)21(27)24-17-9-11-19(12-10-17)33(30,31)25-20-8-3-4-13-23-20/h3-15H,1-2H3,(H,23,25)(H,24,27)/t15-/m0/s1. The largest absolute Gasteiger partial charge is 0.324 e. The molecule has 2 aromatic carbocycles. The number of sulfonamides is 2. The number of hydrogen-bond acceptors (Lipinski definition) is 6. The average Bonchev–Trinajstić information content (AvgIpc) is 2.73. The van der Waals surface area contributed by atoms with Gasteiger partial charge in [0, 0.05) is 16.9 Å². The Morgan fingerprint density at radius 2 is 1.70 bits per heavy atom. The molecule has 0 aliphatic carbocycles. The lowest BCUT2D eigenvalue weighted by atomic mass is 10.2. The van der Waals surface area contributed by atoms with Gasteiger partial charge < -0.3 is 5.32 Å². The van der Waals surface area contributed by atoms with Crippen LogP contribution in [0.15, 0.2) is 77.8 Å². The minimum atomic E-state index is -3.87. The first-order chi connectivity index (χ1) is 15.5. The van der Waals surface area contributed by atoms with Gasteiger partial charge >= 0.3 is 0 Å². The SMILES string of the molecule is C[C@@H](C(=O)Nc1ccc(S(=O)(=O)Nc2ccccn2)cc1)N(c1cccc(Cl)c1)S(C)(=O)=O. The molecule has 0 aliphatic heterocycles. The summed E-state index contributed by atoms with van der Waals surface area (Å²) < 4.78 is 53.1. The van der Waals surface area contributed by atoms with Crippen LogP contribution in [0.5, 0.6) is 0 Å². The molecule has 0 radical (unpaired) electrons. The first-order valence-corrected chi connectivity index (χ1v) is 13.3. The summed E-state index contributed by atoms with van der Waals surface area (Å²) in [7, 11) is -7.68. The summed E-state index contributed by atoms with van der Waals surface area (Å²) >= 11 is 5.98. The summed E-state index contributed by atoms with van der Waals surface area (Å²) in [6, 6.07) is 15.3. The number of carbonyl (C=O) groups excluding carboxylic acids is 1. The van der Waals surface area contributed by atoms with Gasteiger partial charge in [-0.25, -0.2) is 21.8 Å². The van der Waals surface area contributed by atoms with E-state index >= 15 is 0 Å². The lowest BCUT2D eigenvalue weighted by Crippen LogP contribution is -2.45. The molecule has 0 saturated heterocycles. The van der Waals surface area contributed by atoms with Crippen LogP contribution >= 0.6 is 11.6 Å². The van der Waals surface area contributed by atoms with Crippen LogP contribution in [0.3, 0.4) is 0 Å². The number of nitrogens with one attached hydrogen (secondary N) is 2. The fourth-order valence-corrected chi connectivity index (χ4v) is 5.37. The Kier molecular flexibility index (Phi) is 7.25. The average molecular weight is 509 g/mol. The van der Waals surface area contributed by atoms with Crippen molar-refractivity contribution < 1.29 is 21.6 Å². The minimum absolute atomic E-state index is 0.0316. The lowest BCUT2D eigenvalue weighted by Gasteiger charge is -2.28. The maximum absolute atomic E-state index is 12.8. The summed E-state index contributed by atoms with van der Waals surface area (Å²) in [5, 5.41) is 2.93. The zero-order valence-corrected chi connectivity index (χ0v) is 20.0. The number of halogens is 1. The van der Waals surface area contributed by atoms with Gasteiger partial charge in [-0.05, 0) is 61.5 Å². The van der Waals surface area contributed by atoms with Crippen LogP contribution in [0.25, 0.3) is 0 Å². The number of nitrogens with zero attached hydrogens (tertiary/aromatic N) is 2. The molecule has 12 heteroatoms. The predicted molar refractivity (Wildman–Crippen MR) is 128 cm³/mol. The molecule has 3 aromatic rings.